The molecule has 1 radical (unpaired) electrons. The summed E-state index contributed by atoms with van der Waals surface area (Å²) in [4.78, 5) is 0. The van der Waals surface area contributed by atoms with Crippen LogP contribution >= 0.6 is 0 Å². The Balaban J connectivity index is -0.000000845. The predicted molar refractivity (Wildman–Crippen MR) is 65.5 cm³/mol. The van der Waals surface area contributed by atoms with Crippen molar-refractivity contribution in [3.63, 3.8) is 0 Å². The van der Waals surface area contributed by atoms with Crippen molar-refractivity contribution in [2.75, 3.05) is 0 Å². The molecular formula is C13H28NYZr-. The Hall–Kier alpha value is 1.95. The fourth-order valence-corrected chi connectivity index (χ4v) is 1.44. The fraction of sp³-hybridized carbons (Fsp3) is 1.00. The van der Waals surface area contributed by atoms with Gasteiger partial charge in [-0.05, 0) is 11.8 Å². The predicted octanol–water partition coefficient (Wildman–Crippen LogP) is 5.05. The molecule has 1 unspecified atom stereocenters. The van der Waals surface area contributed by atoms with Crippen molar-refractivity contribution in [3.05, 3.63) is 5.73 Å². The Morgan fingerprint density at radius 1 is 0.938 bits per heavy atom. The van der Waals surface area contributed by atoms with Gasteiger partial charge in [0.2, 0.25) is 0 Å². The van der Waals surface area contributed by atoms with Gasteiger partial charge in [-0.15, -0.1) is 6.04 Å². The van der Waals surface area contributed by atoms with Gasteiger partial charge >= 0.3 is 0 Å². The van der Waals surface area contributed by atoms with E-state index in [1.54, 1.807) is 0 Å². The summed E-state index contributed by atoms with van der Waals surface area (Å²) in [7, 11) is 0. The van der Waals surface area contributed by atoms with Crippen LogP contribution in [0.15, 0.2) is 0 Å². The molecule has 0 aromatic carbocycles. The van der Waals surface area contributed by atoms with E-state index in [9.17, 15) is 0 Å². The third kappa shape index (κ3) is 14.0. The van der Waals surface area contributed by atoms with Crippen LogP contribution in [0.1, 0.15) is 67.2 Å². The molecule has 0 aromatic heterocycles. The summed E-state index contributed by atoms with van der Waals surface area (Å²) in [6.45, 7) is 13.3. The zero-order valence-electron chi connectivity index (χ0n) is 12.0. The molecule has 0 aromatic rings. The summed E-state index contributed by atoms with van der Waals surface area (Å²) >= 11 is 0. The molecule has 3 heteroatoms. The average Bonchev–Trinajstić information content (AvgIpc) is 1.93. The van der Waals surface area contributed by atoms with Gasteiger partial charge in [0, 0.05) is 58.9 Å². The second kappa shape index (κ2) is 9.82. The summed E-state index contributed by atoms with van der Waals surface area (Å²) in [5.41, 5.74) is 8.57. The van der Waals surface area contributed by atoms with Crippen LogP contribution in [-0.2, 0) is 58.9 Å². The van der Waals surface area contributed by atoms with E-state index in [-0.39, 0.29) is 70.4 Å². The second-order valence-corrected chi connectivity index (χ2v) is 6.73. The average molecular weight is 379 g/mol. The van der Waals surface area contributed by atoms with Crippen LogP contribution in [0, 0.1) is 10.8 Å². The van der Waals surface area contributed by atoms with Gasteiger partial charge in [0.05, 0.1) is 0 Å². The Labute approximate surface area is 147 Å². The van der Waals surface area contributed by atoms with Crippen molar-refractivity contribution in [1.82, 2.24) is 0 Å². The first-order valence-corrected chi connectivity index (χ1v) is 5.84. The molecule has 1 atom stereocenters. The molecule has 0 spiro atoms. The largest absolute Gasteiger partial charge is 0.674 e. The van der Waals surface area contributed by atoms with E-state index in [1.807, 2.05) is 0 Å². The minimum atomic E-state index is 0. The molecule has 16 heavy (non-hydrogen) atoms. The van der Waals surface area contributed by atoms with Gasteiger partial charge in [0.1, 0.15) is 0 Å². The standard InChI is InChI=1S/C13H28N.Y.Zr/c1-12(2,3)10-8-7-9-11(14)13(4,5)6;;/h11,14H,7-10H2,1-6H3;;/q-1;;. The Bertz CT molecular complexity index is 158. The summed E-state index contributed by atoms with van der Waals surface area (Å²) in [5.74, 6) is 0. The van der Waals surface area contributed by atoms with Gasteiger partial charge in [-0.2, -0.15) is 0 Å². The van der Waals surface area contributed by atoms with Gasteiger partial charge in [0.25, 0.3) is 0 Å². The molecule has 0 rings (SSSR count). The first kappa shape index (κ1) is 23.1. The summed E-state index contributed by atoms with van der Waals surface area (Å²) in [6.07, 6.45) is 4.82. The van der Waals surface area contributed by atoms with Crippen LogP contribution in [0.3, 0.4) is 0 Å². The molecule has 0 saturated heterocycles. The molecule has 0 aliphatic rings. The summed E-state index contributed by atoms with van der Waals surface area (Å²) in [6, 6.07) is 0.0995. The minimum Gasteiger partial charge on any atom is -0.674 e. The molecule has 1 N–H and O–H groups in total. The second-order valence-electron chi connectivity index (χ2n) is 6.73. The van der Waals surface area contributed by atoms with E-state index < -0.39 is 0 Å². The van der Waals surface area contributed by atoms with Gasteiger partial charge in [-0.25, -0.2) is 0 Å². The van der Waals surface area contributed by atoms with Crippen molar-refractivity contribution in [3.8, 4) is 0 Å². The van der Waals surface area contributed by atoms with E-state index in [2.05, 4.69) is 41.5 Å². The minimum absolute atomic E-state index is 0. The van der Waals surface area contributed by atoms with Crippen molar-refractivity contribution < 1.29 is 58.9 Å². The van der Waals surface area contributed by atoms with E-state index in [4.69, 9.17) is 5.73 Å². The van der Waals surface area contributed by atoms with Crippen molar-refractivity contribution >= 4 is 0 Å². The van der Waals surface area contributed by atoms with Crippen LogP contribution in [-0.4, -0.2) is 6.04 Å². The number of hydrogen-bond donors (Lipinski definition) is 0. The van der Waals surface area contributed by atoms with E-state index >= 15 is 0 Å². The summed E-state index contributed by atoms with van der Waals surface area (Å²) < 4.78 is 0. The van der Waals surface area contributed by atoms with E-state index in [0.29, 0.717) is 5.41 Å². The molecule has 1 nitrogen and oxygen atoms in total. The topological polar surface area (TPSA) is 23.8 Å². The van der Waals surface area contributed by atoms with Crippen molar-refractivity contribution in [2.24, 2.45) is 10.8 Å². The van der Waals surface area contributed by atoms with Crippen LogP contribution in [0.2, 0.25) is 0 Å². The Kier molecular flexibility index (Phi) is 14.2. The first-order valence-electron chi connectivity index (χ1n) is 5.84. The maximum Gasteiger partial charge on any atom is 0 e. The van der Waals surface area contributed by atoms with Gasteiger partial charge < -0.3 is 5.73 Å². The summed E-state index contributed by atoms with van der Waals surface area (Å²) in [5, 5.41) is 0. The number of unbranched alkanes of at least 4 members (excludes halogenated alkanes) is 1. The molecule has 0 amide bonds. The molecule has 93 valence electrons. The monoisotopic (exact) mass is 377 g/mol. The molecule has 0 saturated carbocycles. The maximum atomic E-state index is 7.96. The van der Waals surface area contributed by atoms with Crippen molar-refractivity contribution in [2.45, 2.75) is 73.3 Å². The van der Waals surface area contributed by atoms with Crippen LogP contribution in [0.25, 0.3) is 5.73 Å². The fourth-order valence-electron chi connectivity index (χ4n) is 1.44. The van der Waals surface area contributed by atoms with Gasteiger partial charge in [0.15, 0.2) is 0 Å². The van der Waals surface area contributed by atoms with Crippen molar-refractivity contribution in [1.29, 1.82) is 0 Å². The van der Waals surface area contributed by atoms with E-state index in [1.165, 1.54) is 19.3 Å². The number of rotatable bonds is 4. The van der Waals surface area contributed by atoms with Crippen LogP contribution < -0.4 is 0 Å². The van der Waals surface area contributed by atoms with Gasteiger partial charge in [-0.3, -0.25) is 0 Å². The van der Waals surface area contributed by atoms with E-state index in [0.717, 1.165) is 6.42 Å². The number of nitrogens with one attached hydrogen (secondary N) is 1. The smallest absolute Gasteiger partial charge is 0 e. The quantitative estimate of drug-likeness (QED) is 0.611. The number of hydrogen-bond acceptors (Lipinski definition) is 0. The normalized spacial score (nSPS) is 13.7. The third-order valence-electron chi connectivity index (χ3n) is 2.71. The van der Waals surface area contributed by atoms with Crippen LogP contribution in [0.5, 0.6) is 0 Å². The molecular weight excluding hydrogens is 350 g/mol. The molecule has 0 heterocycles. The molecule has 0 aliphatic carbocycles. The SMILES string of the molecule is CC(C)(C)CCCCC([NH-])C(C)(C)C.[Y].[Zr]. The molecule has 0 bridgehead atoms. The maximum absolute atomic E-state index is 7.96. The zero-order chi connectivity index (χ0) is 11.4. The zero-order valence-corrected chi connectivity index (χ0v) is 17.3. The van der Waals surface area contributed by atoms with Crippen LogP contribution in [0.4, 0.5) is 0 Å². The Morgan fingerprint density at radius 2 is 1.38 bits per heavy atom. The first-order chi connectivity index (χ1) is 6.13. The Morgan fingerprint density at radius 3 is 1.69 bits per heavy atom. The van der Waals surface area contributed by atoms with Gasteiger partial charge in [-0.1, -0.05) is 66.2 Å². The molecule has 0 fully saturated rings. The molecule has 0 aliphatic heterocycles. The third-order valence-corrected chi connectivity index (χ3v) is 2.71.